The number of pyridine rings is 2. The number of fused-ring (bicyclic) bond motifs is 1. The second-order valence-electron chi connectivity index (χ2n) is 7.04. The summed E-state index contributed by atoms with van der Waals surface area (Å²) in [5.74, 6) is 2.43. The zero-order valence-corrected chi connectivity index (χ0v) is 16.3. The van der Waals surface area contributed by atoms with Gasteiger partial charge in [0.2, 0.25) is 0 Å². The first-order valence-electron chi connectivity index (χ1n) is 9.82. The minimum Gasteiger partial charge on any atom is -0.355 e. The van der Waals surface area contributed by atoms with Crippen LogP contribution in [-0.2, 0) is 0 Å². The highest BCUT2D eigenvalue weighted by Crippen LogP contribution is 2.21. The van der Waals surface area contributed by atoms with Gasteiger partial charge < -0.3 is 9.80 Å². The lowest BCUT2D eigenvalue weighted by molar-refractivity contribution is 0.777. The second-order valence-corrected chi connectivity index (χ2v) is 7.04. The lowest BCUT2D eigenvalue weighted by Crippen LogP contribution is -2.31. The largest absolute Gasteiger partial charge is 0.355 e. The molecule has 0 aliphatic carbocycles. The summed E-state index contributed by atoms with van der Waals surface area (Å²) in [6.07, 6.45) is 4.44. The molecule has 0 spiro atoms. The Balaban J connectivity index is 1.40. The van der Waals surface area contributed by atoms with Gasteiger partial charge in [0.1, 0.15) is 23.4 Å². The molecule has 4 aromatic rings. The predicted molar refractivity (Wildman–Crippen MR) is 112 cm³/mol. The second kappa shape index (κ2) is 7.75. The van der Waals surface area contributed by atoms with E-state index in [1.165, 1.54) is 0 Å². The van der Waals surface area contributed by atoms with E-state index in [0.717, 1.165) is 49.8 Å². The van der Waals surface area contributed by atoms with Gasteiger partial charge in [-0.1, -0.05) is 6.07 Å². The van der Waals surface area contributed by atoms with E-state index in [4.69, 9.17) is 10.4 Å². The third kappa shape index (κ3) is 3.39. The van der Waals surface area contributed by atoms with Gasteiger partial charge in [0.25, 0.3) is 0 Å². The molecule has 148 valence electrons. The first-order chi connectivity index (χ1) is 14.8. The molecule has 1 saturated heterocycles. The molecular formula is C21H19N9. The maximum absolute atomic E-state index is 9.12. The summed E-state index contributed by atoms with van der Waals surface area (Å²) in [6.45, 7) is 3.39. The number of hydrogen-bond donors (Lipinski definition) is 0. The van der Waals surface area contributed by atoms with Crippen molar-refractivity contribution in [2.75, 3.05) is 36.0 Å². The number of anilines is 2. The summed E-state index contributed by atoms with van der Waals surface area (Å²) < 4.78 is 1.78. The monoisotopic (exact) mass is 397 g/mol. The molecule has 0 amide bonds. The maximum atomic E-state index is 9.12. The van der Waals surface area contributed by atoms with Crippen LogP contribution in [0.1, 0.15) is 12.1 Å². The molecule has 0 atom stereocenters. The summed E-state index contributed by atoms with van der Waals surface area (Å²) in [4.78, 5) is 13.0. The van der Waals surface area contributed by atoms with Gasteiger partial charge in [-0.15, -0.1) is 15.3 Å². The Kier molecular flexibility index (Phi) is 4.65. The molecule has 4 aromatic heterocycles. The van der Waals surface area contributed by atoms with Gasteiger partial charge >= 0.3 is 0 Å². The molecule has 0 saturated carbocycles. The zero-order chi connectivity index (χ0) is 20.3. The Morgan fingerprint density at radius 2 is 1.63 bits per heavy atom. The third-order valence-electron chi connectivity index (χ3n) is 5.18. The number of aromatic nitrogens is 6. The van der Waals surface area contributed by atoms with Gasteiger partial charge in [0, 0.05) is 44.1 Å². The van der Waals surface area contributed by atoms with Gasteiger partial charge in [-0.3, -0.25) is 4.98 Å². The van der Waals surface area contributed by atoms with Crippen LogP contribution in [0, 0.1) is 11.3 Å². The minimum absolute atomic E-state index is 0.442. The summed E-state index contributed by atoms with van der Waals surface area (Å²) in [7, 11) is 0. The van der Waals surface area contributed by atoms with E-state index in [9.17, 15) is 0 Å². The molecule has 9 heteroatoms. The topological polar surface area (TPSA) is 99.1 Å². The van der Waals surface area contributed by atoms with Crippen LogP contribution in [-0.4, -0.2) is 56.0 Å². The van der Waals surface area contributed by atoms with Crippen molar-refractivity contribution in [3.05, 3.63) is 60.6 Å². The molecule has 1 fully saturated rings. The smallest absolute Gasteiger partial charge is 0.185 e. The molecule has 0 aromatic carbocycles. The van der Waals surface area contributed by atoms with E-state index in [2.05, 4.69) is 36.0 Å². The van der Waals surface area contributed by atoms with Crippen molar-refractivity contribution < 1.29 is 0 Å². The van der Waals surface area contributed by atoms with Crippen LogP contribution in [0.15, 0.2) is 54.9 Å². The molecular weight excluding hydrogens is 378 g/mol. The SMILES string of the molecule is N#Cc1cccc(N2CCCN(c3ccc4nnc(-c5ccncc5)n4n3)CC2)n1. The molecule has 1 aliphatic heterocycles. The van der Waals surface area contributed by atoms with Crippen LogP contribution in [0.2, 0.25) is 0 Å². The molecule has 0 unspecified atom stereocenters. The van der Waals surface area contributed by atoms with Crippen molar-refractivity contribution in [1.82, 2.24) is 29.8 Å². The van der Waals surface area contributed by atoms with Gasteiger partial charge in [-0.2, -0.15) is 9.78 Å². The summed E-state index contributed by atoms with van der Waals surface area (Å²) in [5.41, 5.74) is 2.07. The van der Waals surface area contributed by atoms with Gasteiger partial charge in [0.15, 0.2) is 11.5 Å². The van der Waals surface area contributed by atoms with Crippen molar-refractivity contribution in [1.29, 1.82) is 5.26 Å². The summed E-state index contributed by atoms with van der Waals surface area (Å²) in [6, 6.07) is 15.4. The minimum atomic E-state index is 0.442. The number of nitriles is 1. The van der Waals surface area contributed by atoms with Crippen molar-refractivity contribution >= 4 is 17.3 Å². The molecule has 9 nitrogen and oxygen atoms in total. The van der Waals surface area contributed by atoms with Crippen molar-refractivity contribution in [3.8, 4) is 17.5 Å². The molecule has 0 bridgehead atoms. The van der Waals surface area contributed by atoms with Gasteiger partial charge in [0.05, 0.1) is 0 Å². The Bertz CT molecular complexity index is 1210. The maximum Gasteiger partial charge on any atom is 0.185 e. The lowest BCUT2D eigenvalue weighted by Gasteiger charge is -2.23. The Morgan fingerprint density at radius 3 is 2.43 bits per heavy atom. The molecule has 1 aliphatic rings. The van der Waals surface area contributed by atoms with Gasteiger partial charge in [-0.05, 0) is 42.8 Å². The Labute approximate surface area is 173 Å². The van der Waals surface area contributed by atoms with Crippen LogP contribution >= 0.6 is 0 Å². The van der Waals surface area contributed by atoms with E-state index in [1.807, 2.05) is 36.4 Å². The Morgan fingerprint density at radius 1 is 0.833 bits per heavy atom. The molecule has 5 rings (SSSR count). The number of nitrogens with zero attached hydrogens (tertiary/aromatic N) is 9. The molecule has 0 N–H and O–H groups in total. The fourth-order valence-corrected chi connectivity index (χ4v) is 3.67. The first kappa shape index (κ1) is 18.0. The van der Waals surface area contributed by atoms with E-state index in [0.29, 0.717) is 17.2 Å². The molecule has 5 heterocycles. The van der Waals surface area contributed by atoms with Crippen LogP contribution in [0.25, 0.3) is 17.0 Å². The van der Waals surface area contributed by atoms with Crippen molar-refractivity contribution in [2.24, 2.45) is 0 Å². The highest BCUT2D eigenvalue weighted by molar-refractivity contribution is 5.59. The fraction of sp³-hybridized carbons (Fsp3) is 0.238. The van der Waals surface area contributed by atoms with Gasteiger partial charge in [-0.25, -0.2) is 4.98 Å². The van der Waals surface area contributed by atoms with E-state index in [-0.39, 0.29) is 0 Å². The highest BCUT2D eigenvalue weighted by atomic mass is 15.4. The van der Waals surface area contributed by atoms with Crippen LogP contribution in [0.4, 0.5) is 11.6 Å². The van der Waals surface area contributed by atoms with Crippen molar-refractivity contribution in [3.63, 3.8) is 0 Å². The number of rotatable bonds is 3. The quantitative estimate of drug-likeness (QED) is 0.519. The summed E-state index contributed by atoms with van der Waals surface area (Å²) in [5, 5.41) is 22.5. The van der Waals surface area contributed by atoms with Crippen LogP contribution < -0.4 is 9.80 Å². The first-order valence-corrected chi connectivity index (χ1v) is 9.82. The predicted octanol–water partition coefficient (Wildman–Crippen LogP) is 2.17. The average Bonchev–Trinajstić information content (AvgIpc) is 3.07. The van der Waals surface area contributed by atoms with E-state index >= 15 is 0 Å². The van der Waals surface area contributed by atoms with Crippen LogP contribution in [0.3, 0.4) is 0 Å². The van der Waals surface area contributed by atoms with E-state index < -0.39 is 0 Å². The highest BCUT2D eigenvalue weighted by Gasteiger charge is 2.19. The van der Waals surface area contributed by atoms with Crippen LogP contribution in [0.5, 0.6) is 0 Å². The fourth-order valence-electron chi connectivity index (χ4n) is 3.67. The molecule has 30 heavy (non-hydrogen) atoms. The Hall–Kier alpha value is -4.06. The normalized spacial score (nSPS) is 14.5. The summed E-state index contributed by atoms with van der Waals surface area (Å²) >= 11 is 0. The number of hydrogen-bond acceptors (Lipinski definition) is 8. The third-order valence-corrected chi connectivity index (χ3v) is 5.18. The van der Waals surface area contributed by atoms with Crippen molar-refractivity contribution in [2.45, 2.75) is 6.42 Å². The zero-order valence-electron chi connectivity index (χ0n) is 16.3. The van der Waals surface area contributed by atoms with E-state index in [1.54, 1.807) is 23.0 Å². The molecule has 0 radical (unpaired) electrons. The standard InChI is InChI=1S/C21H19N9/c22-15-17-3-1-4-18(24-17)28-11-2-12-29(14-13-28)20-6-5-19-25-26-21(30(19)27-20)16-7-9-23-10-8-16/h1,3-10H,2,11-14H2. The lowest BCUT2D eigenvalue weighted by atomic mass is 10.2. The average molecular weight is 397 g/mol.